The predicted molar refractivity (Wildman–Crippen MR) is 71.5 cm³/mol. The van der Waals surface area contributed by atoms with Crippen LogP contribution in [0.3, 0.4) is 0 Å². The number of aliphatic hydroxyl groups excluding tert-OH is 1. The van der Waals surface area contributed by atoms with Gasteiger partial charge in [0.2, 0.25) is 0 Å². The minimum absolute atomic E-state index is 0.184. The number of anilines is 1. The highest BCUT2D eigenvalue weighted by atomic mass is 16.3. The Morgan fingerprint density at radius 1 is 1.35 bits per heavy atom. The van der Waals surface area contributed by atoms with Gasteiger partial charge < -0.3 is 15.3 Å². The van der Waals surface area contributed by atoms with Crippen LogP contribution in [-0.4, -0.2) is 36.9 Å². The molecule has 0 aromatic heterocycles. The molecule has 2 N–H and O–H groups in total. The van der Waals surface area contributed by atoms with Crippen molar-refractivity contribution in [1.82, 2.24) is 5.32 Å². The van der Waals surface area contributed by atoms with Crippen LogP contribution in [-0.2, 0) is 6.42 Å². The molecule has 0 amide bonds. The maximum atomic E-state index is 9.31. The van der Waals surface area contributed by atoms with E-state index in [0.29, 0.717) is 6.04 Å². The summed E-state index contributed by atoms with van der Waals surface area (Å²) in [6.07, 6.45) is 1.05. The van der Waals surface area contributed by atoms with Crippen molar-refractivity contribution in [1.29, 1.82) is 0 Å². The lowest BCUT2D eigenvalue weighted by Crippen LogP contribution is -2.57. The highest BCUT2D eigenvalue weighted by Crippen LogP contribution is 2.23. The molecular formula is C14H22N2O. The second kappa shape index (κ2) is 5.52. The Morgan fingerprint density at radius 3 is 2.82 bits per heavy atom. The number of hydrogen-bond acceptors (Lipinski definition) is 3. The van der Waals surface area contributed by atoms with Gasteiger partial charge in [-0.25, -0.2) is 0 Å². The highest BCUT2D eigenvalue weighted by molar-refractivity contribution is 5.54. The third-order valence-corrected chi connectivity index (χ3v) is 3.39. The van der Waals surface area contributed by atoms with Gasteiger partial charge in [-0.1, -0.05) is 25.1 Å². The van der Waals surface area contributed by atoms with Crippen LogP contribution in [0.5, 0.6) is 0 Å². The number of benzene rings is 1. The van der Waals surface area contributed by atoms with Crippen LogP contribution in [0, 0.1) is 0 Å². The van der Waals surface area contributed by atoms with Gasteiger partial charge in [0.05, 0.1) is 6.61 Å². The van der Waals surface area contributed by atoms with Gasteiger partial charge in [0.25, 0.3) is 0 Å². The zero-order chi connectivity index (χ0) is 12.3. The summed E-state index contributed by atoms with van der Waals surface area (Å²) in [5, 5.41) is 12.7. The first-order valence-corrected chi connectivity index (χ1v) is 6.44. The van der Waals surface area contributed by atoms with Gasteiger partial charge in [0, 0.05) is 30.9 Å². The summed E-state index contributed by atoms with van der Waals surface area (Å²) in [5.74, 6) is 0. The quantitative estimate of drug-likeness (QED) is 0.830. The van der Waals surface area contributed by atoms with Gasteiger partial charge in [-0.05, 0) is 25.0 Å². The molecule has 1 aromatic rings. The molecule has 94 valence electrons. The average molecular weight is 234 g/mol. The van der Waals surface area contributed by atoms with Crippen LogP contribution in [0.15, 0.2) is 24.3 Å². The number of aryl methyl sites for hydroxylation is 1. The van der Waals surface area contributed by atoms with E-state index in [2.05, 4.69) is 48.3 Å². The molecule has 1 saturated heterocycles. The number of para-hydroxylation sites is 1. The predicted octanol–water partition coefficient (Wildman–Crippen LogP) is 1.41. The SMILES string of the molecule is CCc1ccccc1N1CC(C)NC(CO)C1. The first-order chi connectivity index (χ1) is 8.24. The summed E-state index contributed by atoms with van der Waals surface area (Å²) in [6.45, 7) is 6.46. The van der Waals surface area contributed by atoms with Crippen LogP contribution < -0.4 is 10.2 Å². The number of rotatable bonds is 3. The topological polar surface area (TPSA) is 35.5 Å². The summed E-state index contributed by atoms with van der Waals surface area (Å²) < 4.78 is 0. The van der Waals surface area contributed by atoms with Crippen molar-refractivity contribution < 1.29 is 5.11 Å². The molecule has 0 spiro atoms. The number of nitrogens with one attached hydrogen (secondary N) is 1. The molecule has 0 aliphatic carbocycles. The third kappa shape index (κ3) is 2.79. The van der Waals surface area contributed by atoms with Crippen molar-refractivity contribution in [3.63, 3.8) is 0 Å². The van der Waals surface area contributed by atoms with Crippen LogP contribution in [0.1, 0.15) is 19.4 Å². The van der Waals surface area contributed by atoms with E-state index in [4.69, 9.17) is 0 Å². The lowest BCUT2D eigenvalue weighted by Gasteiger charge is -2.39. The monoisotopic (exact) mass is 234 g/mol. The fourth-order valence-corrected chi connectivity index (χ4v) is 2.60. The van der Waals surface area contributed by atoms with Gasteiger partial charge in [-0.15, -0.1) is 0 Å². The van der Waals surface area contributed by atoms with E-state index in [0.717, 1.165) is 19.5 Å². The number of piperazine rings is 1. The zero-order valence-electron chi connectivity index (χ0n) is 10.7. The molecule has 2 unspecified atom stereocenters. The van der Waals surface area contributed by atoms with Gasteiger partial charge in [-0.2, -0.15) is 0 Å². The van der Waals surface area contributed by atoms with Crippen molar-refractivity contribution >= 4 is 5.69 Å². The molecule has 1 aliphatic heterocycles. The Morgan fingerprint density at radius 2 is 2.12 bits per heavy atom. The number of aliphatic hydroxyl groups is 1. The highest BCUT2D eigenvalue weighted by Gasteiger charge is 2.24. The Hall–Kier alpha value is -1.06. The van der Waals surface area contributed by atoms with Crippen LogP contribution >= 0.6 is 0 Å². The first-order valence-electron chi connectivity index (χ1n) is 6.44. The molecular weight excluding hydrogens is 212 g/mol. The van der Waals surface area contributed by atoms with Crippen molar-refractivity contribution in [3.05, 3.63) is 29.8 Å². The molecule has 17 heavy (non-hydrogen) atoms. The maximum Gasteiger partial charge on any atom is 0.0602 e. The summed E-state index contributed by atoms with van der Waals surface area (Å²) in [5.41, 5.74) is 2.71. The van der Waals surface area contributed by atoms with Crippen molar-refractivity contribution in [2.45, 2.75) is 32.4 Å². The third-order valence-electron chi connectivity index (χ3n) is 3.39. The minimum Gasteiger partial charge on any atom is -0.395 e. The van der Waals surface area contributed by atoms with Crippen LogP contribution in [0.2, 0.25) is 0 Å². The van der Waals surface area contributed by atoms with Crippen molar-refractivity contribution in [2.24, 2.45) is 0 Å². The van der Waals surface area contributed by atoms with E-state index in [1.807, 2.05) is 0 Å². The van der Waals surface area contributed by atoms with E-state index in [9.17, 15) is 5.11 Å². The average Bonchev–Trinajstić information content (AvgIpc) is 2.37. The van der Waals surface area contributed by atoms with Crippen LogP contribution in [0.25, 0.3) is 0 Å². The minimum atomic E-state index is 0.184. The normalized spacial score (nSPS) is 25.0. The Bertz CT molecular complexity index is 367. The summed E-state index contributed by atoms with van der Waals surface area (Å²) in [6, 6.07) is 9.17. The molecule has 2 rings (SSSR count). The lowest BCUT2D eigenvalue weighted by molar-refractivity contribution is 0.221. The molecule has 0 saturated carbocycles. The molecule has 0 bridgehead atoms. The van der Waals surface area contributed by atoms with Crippen molar-refractivity contribution in [2.75, 3.05) is 24.6 Å². The maximum absolute atomic E-state index is 9.31. The van der Waals surface area contributed by atoms with E-state index in [1.54, 1.807) is 0 Å². The second-order valence-electron chi connectivity index (χ2n) is 4.83. The number of nitrogens with zero attached hydrogens (tertiary/aromatic N) is 1. The van der Waals surface area contributed by atoms with Gasteiger partial charge >= 0.3 is 0 Å². The molecule has 3 heteroatoms. The van der Waals surface area contributed by atoms with Crippen molar-refractivity contribution in [3.8, 4) is 0 Å². The molecule has 1 fully saturated rings. The molecule has 1 aliphatic rings. The summed E-state index contributed by atoms with van der Waals surface area (Å²) in [7, 11) is 0. The largest absolute Gasteiger partial charge is 0.395 e. The second-order valence-corrected chi connectivity index (χ2v) is 4.83. The van der Waals surface area contributed by atoms with E-state index < -0.39 is 0 Å². The van der Waals surface area contributed by atoms with Crippen LogP contribution in [0.4, 0.5) is 5.69 Å². The van der Waals surface area contributed by atoms with E-state index in [-0.39, 0.29) is 12.6 Å². The first kappa shape index (κ1) is 12.4. The molecule has 3 nitrogen and oxygen atoms in total. The summed E-state index contributed by atoms with van der Waals surface area (Å²) >= 11 is 0. The van der Waals surface area contributed by atoms with E-state index >= 15 is 0 Å². The Labute approximate surface area is 103 Å². The molecule has 0 radical (unpaired) electrons. The fraction of sp³-hybridized carbons (Fsp3) is 0.571. The van der Waals surface area contributed by atoms with Gasteiger partial charge in [0.1, 0.15) is 0 Å². The summed E-state index contributed by atoms with van der Waals surface area (Å²) in [4.78, 5) is 2.39. The molecule has 1 aromatic carbocycles. The fourth-order valence-electron chi connectivity index (χ4n) is 2.60. The zero-order valence-corrected chi connectivity index (χ0v) is 10.7. The molecule has 2 atom stereocenters. The lowest BCUT2D eigenvalue weighted by atomic mass is 10.1. The molecule has 1 heterocycles. The standard InChI is InChI=1S/C14H22N2O/c1-3-12-6-4-5-7-14(12)16-8-11(2)15-13(9-16)10-17/h4-7,11,13,15,17H,3,8-10H2,1-2H3. The van der Waals surface area contributed by atoms with Gasteiger partial charge in [0.15, 0.2) is 0 Å². The van der Waals surface area contributed by atoms with Gasteiger partial charge in [-0.3, -0.25) is 0 Å². The number of hydrogen-bond donors (Lipinski definition) is 2. The van der Waals surface area contributed by atoms with E-state index in [1.165, 1.54) is 11.3 Å². The smallest absolute Gasteiger partial charge is 0.0602 e. The Kier molecular flexibility index (Phi) is 4.02. The Balaban J connectivity index is 2.20.